The molecule has 0 saturated carbocycles. The molecule has 0 bridgehead atoms. The van der Waals surface area contributed by atoms with Crippen molar-refractivity contribution in [3.8, 4) is 0 Å². The minimum atomic E-state index is -0.859. The highest BCUT2D eigenvalue weighted by Crippen LogP contribution is 2.27. The largest absolute Gasteiger partial charge is 0.321 e. The number of rotatable bonds is 4. The van der Waals surface area contributed by atoms with Gasteiger partial charge in [-0.05, 0) is 34.0 Å². The molecule has 6 heteroatoms. The van der Waals surface area contributed by atoms with Crippen molar-refractivity contribution in [2.45, 2.75) is 12.5 Å². The van der Waals surface area contributed by atoms with E-state index in [1.807, 2.05) is 30.3 Å². The summed E-state index contributed by atoms with van der Waals surface area (Å²) in [4.78, 5) is 12.0. The fraction of sp³-hybridized carbons (Fsp3) is 0.133. The van der Waals surface area contributed by atoms with Gasteiger partial charge in [0.1, 0.15) is 5.82 Å². The highest BCUT2D eigenvalue weighted by Gasteiger charge is 2.18. The van der Waals surface area contributed by atoms with Gasteiger partial charge in [0.2, 0.25) is 5.91 Å². The van der Waals surface area contributed by atoms with E-state index >= 15 is 0 Å². The molecule has 0 aliphatic rings. The van der Waals surface area contributed by atoms with Crippen molar-refractivity contribution < 1.29 is 13.6 Å². The fourth-order valence-electron chi connectivity index (χ4n) is 1.84. The Morgan fingerprint density at radius 1 is 1.24 bits per heavy atom. The smallest absolute Gasteiger partial charge is 0.241 e. The lowest BCUT2D eigenvalue weighted by atomic mass is 10.1. The molecule has 2 rings (SSSR count). The van der Waals surface area contributed by atoms with Gasteiger partial charge in [-0.2, -0.15) is 0 Å². The maximum Gasteiger partial charge on any atom is 0.241 e. The second-order valence-electron chi connectivity index (χ2n) is 4.53. The minimum absolute atomic E-state index is 0.120. The third-order valence-electron chi connectivity index (χ3n) is 2.89. The monoisotopic (exact) mass is 354 g/mol. The number of hydrogen-bond donors (Lipinski definition) is 2. The van der Waals surface area contributed by atoms with Crippen molar-refractivity contribution in [1.82, 2.24) is 0 Å². The third-order valence-corrected chi connectivity index (χ3v) is 3.52. The van der Waals surface area contributed by atoms with Gasteiger partial charge in [0.05, 0.1) is 11.7 Å². The maximum atomic E-state index is 13.6. The number of hydrogen-bond acceptors (Lipinski definition) is 2. The molecular formula is C15H13BrF2N2O. The minimum Gasteiger partial charge on any atom is -0.321 e. The van der Waals surface area contributed by atoms with E-state index in [1.54, 1.807) is 0 Å². The topological polar surface area (TPSA) is 55.1 Å². The summed E-state index contributed by atoms with van der Waals surface area (Å²) < 4.78 is 26.7. The average molecular weight is 355 g/mol. The molecule has 0 saturated heterocycles. The van der Waals surface area contributed by atoms with Crippen molar-refractivity contribution in [3.05, 3.63) is 64.1 Å². The molecule has 1 amide bonds. The number of anilines is 1. The summed E-state index contributed by atoms with van der Waals surface area (Å²) in [6.07, 6.45) is 0.326. The molecule has 3 nitrogen and oxygen atoms in total. The SMILES string of the molecule is N[C@H](Cc1ccccc1)C(=O)Nc1c(F)cc(F)cc1Br. The molecule has 0 spiro atoms. The lowest BCUT2D eigenvalue weighted by molar-refractivity contribution is -0.117. The van der Waals surface area contributed by atoms with Gasteiger partial charge >= 0.3 is 0 Å². The van der Waals surface area contributed by atoms with Gasteiger partial charge in [-0.25, -0.2) is 8.78 Å². The second kappa shape index (κ2) is 6.78. The number of nitrogens with two attached hydrogens (primary N) is 1. The molecule has 0 aliphatic carbocycles. The number of nitrogens with one attached hydrogen (secondary N) is 1. The zero-order chi connectivity index (χ0) is 15.4. The van der Waals surface area contributed by atoms with Gasteiger partial charge in [-0.15, -0.1) is 0 Å². The Morgan fingerprint density at radius 2 is 1.90 bits per heavy atom. The highest BCUT2D eigenvalue weighted by molar-refractivity contribution is 9.10. The van der Waals surface area contributed by atoms with E-state index in [4.69, 9.17) is 5.73 Å². The summed E-state index contributed by atoms with van der Waals surface area (Å²) in [7, 11) is 0. The molecule has 3 N–H and O–H groups in total. The highest BCUT2D eigenvalue weighted by atomic mass is 79.9. The number of carbonyl (C=O) groups is 1. The Kier molecular flexibility index (Phi) is 5.03. The Bertz CT molecular complexity index is 626. The van der Waals surface area contributed by atoms with Crippen molar-refractivity contribution >= 4 is 27.5 Å². The molecular weight excluding hydrogens is 342 g/mol. The first kappa shape index (κ1) is 15.6. The normalized spacial score (nSPS) is 12.0. The quantitative estimate of drug-likeness (QED) is 0.885. The standard InChI is InChI=1S/C15H13BrF2N2O/c16-11-7-10(17)8-12(18)14(11)20-15(21)13(19)6-9-4-2-1-3-5-9/h1-5,7-8,13H,6,19H2,(H,20,21)/t13-/m1/s1. The molecule has 2 aromatic rings. The lowest BCUT2D eigenvalue weighted by Crippen LogP contribution is -2.37. The van der Waals surface area contributed by atoms with Crippen LogP contribution in [0.3, 0.4) is 0 Å². The van der Waals surface area contributed by atoms with Gasteiger partial charge in [-0.3, -0.25) is 4.79 Å². The summed E-state index contributed by atoms with van der Waals surface area (Å²) in [5.41, 5.74) is 6.58. The Balaban J connectivity index is 2.08. The molecule has 0 aliphatic heterocycles. The summed E-state index contributed by atoms with van der Waals surface area (Å²) >= 11 is 3.01. The van der Waals surface area contributed by atoms with Crippen LogP contribution in [0.25, 0.3) is 0 Å². The first-order valence-corrected chi connectivity index (χ1v) is 7.01. The van der Waals surface area contributed by atoms with E-state index in [0.717, 1.165) is 11.6 Å². The van der Waals surface area contributed by atoms with Gasteiger partial charge in [0.15, 0.2) is 5.82 Å². The van der Waals surface area contributed by atoms with E-state index in [9.17, 15) is 13.6 Å². The van der Waals surface area contributed by atoms with Gasteiger partial charge < -0.3 is 11.1 Å². The molecule has 1 atom stereocenters. The van der Waals surface area contributed by atoms with Crippen LogP contribution >= 0.6 is 15.9 Å². The summed E-state index contributed by atoms with van der Waals surface area (Å²) in [5, 5.41) is 2.37. The van der Waals surface area contributed by atoms with Crippen LogP contribution in [0, 0.1) is 11.6 Å². The van der Waals surface area contributed by atoms with Crippen LogP contribution in [0.15, 0.2) is 46.9 Å². The van der Waals surface area contributed by atoms with E-state index in [-0.39, 0.29) is 10.2 Å². The zero-order valence-corrected chi connectivity index (χ0v) is 12.5. The van der Waals surface area contributed by atoms with E-state index in [0.29, 0.717) is 12.5 Å². The molecule has 0 heterocycles. The second-order valence-corrected chi connectivity index (χ2v) is 5.38. The summed E-state index contributed by atoms with van der Waals surface area (Å²) in [6, 6.07) is 10.2. The Hall–Kier alpha value is -1.79. The lowest BCUT2D eigenvalue weighted by Gasteiger charge is -2.14. The molecule has 0 radical (unpaired) electrons. The van der Waals surface area contributed by atoms with Gasteiger partial charge in [0, 0.05) is 10.5 Å². The zero-order valence-electron chi connectivity index (χ0n) is 10.9. The average Bonchev–Trinajstić information content (AvgIpc) is 2.43. The van der Waals surface area contributed by atoms with Crippen LogP contribution in [-0.4, -0.2) is 11.9 Å². The third kappa shape index (κ3) is 4.09. The molecule has 0 fully saturated rings. The molecule has 21 heavy (non-hydrogen) atoms. The molecule has 110 valence electrons. The van der Waals surface area contributed by atoms with Gasteiger partial charge in [-0.1, -0.05) is 30.3 Å². The van der Waals surface area contributed by atoms with Crippen LogP contribution in [-0.2, 0) is 11.2 Å². The number of amides is 1. The number of halogens is 3. The Morgan fingerprint density at radius 3 is 2.52 bits per heavy atom. The molecule has 0 unspecified atom stereocenters. The molecule has 0 aromatic heterocycles. The van der Waals surface area contributed by atoms with E-state index in [1.165, 1.54) is 0 Å². The first-order valence-electron chi connectivity index (χ1n) is 6.22. The van der Waals surface area contributed by atoms with Crippen LogP contribution < -0.4 is 11.1 Å². The van der Waals surface area contributed by atoms with E-state index in [2.05, 4.69) is 21.2 Å². The summed E-state index contributed by atoms with van der Waals surface area (Å²) in [6.45, 7) is 0. The Labute approximate surface area is 129 Å². The molecule has 2 aromatic carbocycles. The van der Waals surface area contributed by atoms with Crippen molar-refractivity contribution in [2.24, 2.45) is 5.73 Å². The first-order chi connectivity index (χ1) is 9.97. The predicted octanol–water partition coefficient (Wildman–Crippen LogP) is 3.24. The maximum absolute atomic E-state index is 13.6. The van der Waals surface area contributed by atoms with Crippen molar-refractivity contribution in [2.75, 3.05) is 5.32 Å². The van der Waals surface area contributed by atoms with Crippen LogP contribution in [0.4, 0.5) is 14.5 Å². The van der Waals surface area contributed by atoms with Crippen LogP contribution in [0.1, 0.15) is 5.56 Å². The number of benzene rings is 2. The fourth-order valence-corrected chi connectivity index (χ4v) is 2.35. The number of carbonyl (C=O) groups excluding carboxylic acids is 1. The van der Waals surface area contributed by atoms with Crippen LogP contribution in [0.2, 0.25) is 0 Å². The van der Waals surface area contributed by atoms with Gasteiger partial charge in [0.25, 0.3) is 0 Å². The van der Waals surface area contributed by atoms with Crippen molar-refractivity contribution in [3.63, 3.8) is 0 Å². The van der Waals surface area contributed by atoms with Crippen molar-refractivity contribution in [1.29, 1.82) is 0 Å². The summed E-state index contributed by atoms with van der Waals surface area (Å²) in [5.74, 6) is -2.13. The predicted molar refractivity (Wildman–Crippen MR) is 80.8 cm³/mol. The van der Waals surface area contributed by atoms with Crippen LogP contribution in [0.5, 0.6) is 0 Å². The van der Waals surface area contributed by atoms with E-state index < -0.39 is 23.6 Å².